The molecule has 0 unspecified atom stereocenters. The maximum atomic E-state index is 13.5. The topological polar surface area (TPSA) is 79.5 Å². The predicted octanol–water partition coefficient (Wildman–Crippen LogP) is 2.55. The number of methoxy groups -OCH3 is 1. The summed E-state index contributed by atoms with van der Waals surface area (Å²) < 4.78 is 44.4. The number of carbonyl (C=O) groups is 2. The SMILES string of the molecule is COc1cccc(CNC(=O)NCC(=O)Nc2ccc(F)c(F)c2F)c1. The number of amides is 3. The molecule has 6 nitrogen and oxygen atoms in total. The van der Waals surface area contributed by atoms with Crippen LogP contribution in [0.25, 0.3) is 0 Å². The first kappa shape index (κ1) is 19.1. The van der Waals surface area contributed by atoms with Crippen molar-refractivity contribution in [2.45, 2.75) is 6.54 Å². The smallest absolute Gasteiger partial charge is 0.315 e. The number of carbonyl (C=O) groups excluding carboxylic acids is 2. The fourth-order valence-corrected chi connectivity index (χ4v) is 2.00. The highest BCUT2D eigenvalue weighted by molar-refractivity contribution is 5.94. The van der Waals surface area contributed by atoms with E-state index in [0.717, 1.165) is 11.6 Å². The number of ether oxygens (including phenoxy) is 1. The zero-order valence-electron chi connectivity index (χ0n) is 13.7. The molecule has 9 heteroatoms. The lowest BCUT2D eigenvalue weighted by Gasteiger charge is -2.10. The number of urea groups is 1. The molecule has 0 atom stereocenters. The van der Waals surface area contributed by atoms with E-state index in [0.29, 0.717) is 11.8 Å². The Labute approximate surface area is 147 Å². The van der Waals surface area contributed by atoms with Gasteiger partial charge in [0.05, 0.1) is 19.3 Å². The van der Waals surface area contributed by atoms with E-state index in [1.165, 1.54) is 7.11 Å². The molecule has 0 spiro atoms. The normalized spacial score (nSPS) is 10.2. The molecule has 0 aliphatic carbocycles. The number of benzene rings is 2. The van der Waals surface area contributed by atoms with Crippen LogP contribution in [0.4, 0.5) is 23.7 Å². The molecule has 26 heavy (non-hydrogen) atoms. The summed E-state index contributed by atoms with van der Waals surface area (Å²) in [5.74, 6) is -4.73. The number of anilines is 1. The lowest BCUT2D eigenvalue weighted by atomic mass is 10.2. The molecule has 2 aromatic carbocycles. The zero-order valence-corrected chi connectivity index (χ0v) is 13.7. The highest BCUT2D eigenvalue weighted by Gasteiger charge is 2.15. The van der Waals surface area contributed by atoms with Crippen LogP contribution < -0.4 is 20.7 Å². The van der Waals surface area contributed by atoms with Gasteiger partial charge in [0.2, 0.25) is 5.91 Å². The van der Waals surface area contributed by atoms with E-state index < -0.39 is 41.6 Å². The van der Waals surface area contributed by atoms with E-state index in [4.69, 9.17) is 4.74 Å². The third-order valence-electron chi connectivity index (χ3n) is 3.31. The lowest BCUT2D eigenvalue weighted by Crippen LogP contribution is -2.39. The Morgan fingerprint density at radius 1 is 1.04 bits per heavy atom. The first-order chi connectivity index (χ1) is 12.4. The Hall–Kier alpha value is -3.23. The fourth-order valence-electron chi connectivity index (χ4n) is 2.00. The average molecular weight is 367 g/mol. The molecule has 2 aromatic rings. The van der Waals surface area contributed by atoms with Crippen molar-refractivity contribution in [2.75, 3.05) is 19.0 Å². The summed E-state index contributed by atoms with van der Waals surface area (Å²) in [4.78, 5) is 23.3. The van der Waals surface area contributed by atoms with E-state index >= 15 is 0 Å². The van der Waals surface area contributed by atoms with Crippen LogP contribution in [0.1, 0.15) is 5.56 Å². The number of halogens is 3. The zero-order chi connectivity index (χ0) is 19.1. The minimum Gasteiger partial charge on any atom is -0.497 e. The minimum atomic E-state index is -1.69. The molecule has 138 valence electrons. The van der Waals surface area contributed by atoms with Crippen molar-refractivity contribution in [1.82, 2.24) is 10.6 Å². The van der Waals surface area contributed by atoms with E-state index in [9.17, 15) is 22.8 Å². The molecular weight excluding hydrogens is 351 g/mol. The summed E-state index contributed by atoms with van der Waals surface area (Å²) in [6.45, 7) is -0.287. The number of rotatable bonds is 6. The second kappa shape index (κ2) is 8.75. The van der Waals surface area contributed by atoms with Gasteiger partial charge in [-0.25, -0.2) is 18.0 Å². The van der Waals surface area contributed by atoms with Gasteiger partial charge in [-0.15, -0.1) is 0 Å². The van der Waals surface area contributed by atoms with Crippen LogP contribution >= 0.6 is 0 Å². The van der Waals surface area contributed by atoms with E-state index in [-0.39, 0.29) is 6.54 Å². The summed E-state index contributed by atoms with van der Waals surface area (Å²) >= 11 is 0. The highest BCUT2D eigenvalue weighted by Crippen LogP contribution is 2.19. The van der Waals surface area contributed by atoms with Gasteiger partial charge in [0.15, 0.2) is 17.5 Å². The van der Waals surface area contributed by atoms with E-state index in [1.807, 2.05) is 5.32 Å². The summed E-state index contributed by atoms with van der Waals surface area (Å²) in [6.07, 6.45) is 0. The van der Waals surface area contributed by atoms with Crippen LogP contribution in [0.2, 0.25) is 0 Å². The van der Waals surface area contributed by atoms with Gasteiger partial charge in [0, 0.05) is 6.54 Å². The molecule has 0 saturated carbocycles. The van der Waals surface area contributed by atoms with Gasteiger partial charge in [-0.3, -0.25) is 4.79 Å². The van der Waals surface area contributed by atoms with Crippen molar-refractivity contribution in [1.29, 1.82) is 0 Å². The number of hydrogen-bond acceptors (Lipinski definition) is 3. The maximum Gasteiger partial charge on any atom is 0.315 e. The Bertz CT molecular complexity index is 815. The van der Waals surface area contributed by atoms with Crippen molar-refractivity contribution in [3.63, 3.8) is 0 Å². The van der Waals surface area contributed by atoms with Crippen LogP contribution in [-0.4, -0.2) is 25.6 Å². The Kier molecular flexibility index (Phi) is 6.42. The molecule has 0 saturated heterocycles. The van der Waals surface area contributed by atoms with Crippen molar-refractivity contribution >= 4 is 17.6 Å². The number of nitrogens with one attached hydrogen (secondary N) is 3. The lowest BCUT2D eigenvalue weighted by molar-refractivity contribution is -0.115. The Morgan fingerprint density at radius 3 is 2.54 bits per heavy atom. The van der Waals surface area contributed by atoms with Crippen molar-refractivity contribution in [3.05, 3.63) is 59.4 Å². The third-order valence-corrected chi connectivity index (χ3v) is 3.31. The molecule has 0 fully saturated rings. The van der Waals surface area contributed by atoms with Gasteiger partial charge in [-0.2, -0.15) is 0 Å². The van der Waals surface area contributed by atoms with Gasteiger partial charge in [-0.05, 0) is 29.8 Å². The van der Waals surface area contributed by atoms with Crippen molar-refractivity contribution < 1.29 is 27.5 Å². The highest BCUT2D eigenvalue weighted by atomic mass is 19.2. The van der Waals surface area contributed by atoms with Crippen molar-refractivity contribution in [2.24, 2.45) is 0 Å². The second-order valence-electron chi connectivity index (χ2n) is 5.16. The van der Waals surface area contributed by atoms with Crippen LogP contribution in [0.3, 0.4) is 0 Å². The Balaban J connectivity index is 1.80. The first-order valence-electron chi connectivity index (χ1n) is 7.48. The largest absolute Gasteiger partial charge is 0.497 e. The summed E-state index contributed by atoms with van der Waals surface area (Å²) in [6, 6.07) is 7.97. The predicted molar refractivity (Wildman–Crippen MR) is 88.2 cm³/mol. The van der Waals surface area contributed by atoms with Crippen LogP contribution in [0, 0.1) is 17.5 Å². The number of hydrogen-bond donors (Lipinski definition) is 3. The summed E-state index contributed by atoms with van der Waals surface area (Å²) in [5.41, 5.74) is 0.264. The molecule has 0 aromatic heterocycles. The van der Waals surface area contributed by atoms with Gasteiger partial charge >= 0.3 is 6.03 Å². The van der Waals surface area contributed by atoms with Gasteiger partial charge < -0.3 is 20.7 Å². The quantitative estimate of drug-likeness (QED) is 0.687. The molecule has 0 bridgehead atoms. The standard InChI is InChI=1S/C17H16F3N3O3/c1-26-11-4-2-3-10(7-11)8-21-17(25)22-9-14(24)23-13-6-5-12(18)15(19)16(13)20/h2-7H,8-9H2,1H3,(H,23,24)(H2,21,22,25). The third kappa shape index (κ3) is 5.13. The fraction of sp³-hybridized carbons (Fsp3) is 0.176. The van der Waals surface area contributed by atoms with E-state index in [2.05, 4.69) is 10.6 Å². The summed E-state index contributed by atoms with van der Waals surface area (Å²) in [7, 11) is 1.52. The van der Waals surface area contributed by atoms with Crippen molar-refractivity contribution in [3.8, 4) is 5.75 Å². The van der Waals surface area contributed by atoms with Gasteiger partial charge in [0.1, 0.15) is 5.75 Å². The molecule has 2 rings (SSSR count). The molecule has 3 N–H and O–H groups in total. The monoisotopic (exact) mass is 367 g/mol. The second-order valence-corrected chi connectivity index (χ2v) is 5.16. The summed E-state index contributed by atoms with van der Waals surface area (Å²) in [5, 5.41) is 6.83. The van der Waals surface area contributed by atoms with Crippen LogP contribution in [0.15, 0.2) is 36.4 Å². The molecule has 0 radical (unpaired) electrons. The van der Waals surface area contributed by atoms with Crippen LogP contribution in [-0.2, 0) is 11.3 Å². The maximum absolute atomic E-state index is 13.5. The minimum absolute atomic E-state index is 0.197. The molecule has 3 amide bonds. The first-order valence-corrected chi connectivity index (χ1v) is 7.48. The Morgan fingerprint density at radius 2 is 1.81 bits per heavy atom. The molecule has 0 aliphatic heterocycles. The van der Waals surface area contributed by atoms with Gasteiger partial charge in [-0.1, -0.05) is 12.1 Å². The van der Waals surface area contributed by atoms with Gasteiger partial charge in [0.25, 0.3) is 0 Å². The van der Waals surface area contributed by atoms with Crippen LogP contribution in [0.5, 0.6) is 5.75 Å². The molecular formula is C17H16F3N3O3. The van der Waals surface area contributed by atoms with E-state index in [1.54, 1.807) is 24.3 Å². The molecule has 0 aliphatic rings. The average Bonchev–Trinajstić information content (AvgIpc) is 2.65. The molecule has 0 heterocycles.